The van der Waals surface area contributed by atoms with Gasteiger partial charge in [-0.2, -0.15) is 0 Å². The van der Waals surface area contributed by atoms with Crippen LogP contribution >= 0.6 is 23.2 Å². The van der Waals surface area contributed by atoms with E-state index < -0.39 is 0 Å². The lowest BCUT2D eigenvalue weighted by Gasteiger charge is -1.99. The van der Waals surface area contributed by atoms with Gasteiger partial charge in [0.2, 0.25) is 0 Å². The molecule has 0 aliphatic heterocycles. The highest BCUT2D eigenvalue weighted by Gasteiger charge is 2.05. The van der Waals surface area contributed by atoms with E-state index in [4.69, 9.17) is 28.3 Å². The van der Waals surface area contributed by atoms with E-state index in [0.29, 0.717) is 11.3 Å². The molecule has 0 radical (unpaired) electrons. The third-order valence-corrected chi connectivity index (χ3v) is 2.26. The summed E-state index contributed by atoms with van der Waals surface area (Å²) in [6.45, 7) is 0. The first kappa shape index (κ1) is 13.5. The molecule has 88 valence electrons. The van der Waals surface area contributed by atoms with E-state index in [1.165, 1.54) is 12.1 Å². The lowest BCUT2D eigenvalue weighted by Crippen LogP contribution is -1.81. The Balaban J connectivity index is 0.000000202. The van der Waals surface area contributed by atoms with E-state index in [0.717, 1.165) is 0 Å². The summed E-state index contributed by atoms with van der Waals surface area (Å²) in [4.78, 5) is 14.0. The summed E-state index contributed by atoms with van der Waals surface area (Å²) in [7, 11) is 0. The summed E-state index contributed by atoms with van der Waals surface area (Å²) in [6.07, 6.45) is 3.99. The van der Waals surface area contributed by atoms with Crippen molar-refractivity contribution in [3.05, 3.63) is 58.3 Å². The van der Waals surface area contributed by atoms with Crippen molar-refractivity contribution in [2.75, 3.05) is 0 Å². The van der Waals surface area contributed by atoms with Crippen LogP contribution in [0.25, 0.3) is 0 Å². The first-order chi connectivity index (χ1) is 8.15. The number of hydrogen-bond acceptors (Lipinski definition) is 3. The number of phenolic OH excluding ortho intramolecular Hbond substituents is 1. The fourth-order valence-corrected chi connectivity index (χ4v) is 1.50. The molecule has 1 aromatic carbocycles. The van der Waals surface area contributed by atoms with E-state index in [-0.39, 0.29) is 16.3 Å². The highest BCUT2D eigenvalue weighted by Crippen LogP contribution is 2.29. The van der Waals surface area contributed by atoms with Crippen LogP contribution in [0.1, 0.15) is 10.4 Å². The van der Waals surface area contributed by atoms with E-state index in [2.05, 4.69) is 4.98 Å². The Morgan fingerprint density at radius 1 is 1.12 bits per heavy atom. The minimum absolute atomic E-state index is 0.0830. The number of benzene rings is 1. The number of aromatic nitrogens is 1. The van der Waals surface area contributed by atoms with Crippen LogP contribution in [0.15, 0.2) is 42.7 Å². The Morgan fingerprint density at radius 2 is 1.76 bits per heavy atom. The fraction of sp³-hybridized carbons (Fsp3) is 0. The van der Waals surface area contributed by atoms with Gasteiger partial charge in [-0.15, -0.1) is 0 Å². The molecule has 0 bridgehead atoms. The maximum Gasteiger partial charge on any atom is 0.153 e. The summed E-state index contributed by atoms with van der Waals surface area (Å²) < 4.78 is 0. The van der Waals surface area contributed by atoms with Gasteiger partial charge in [0.1, 0.15) is 5.75 Å². The lowest BCUT2D eigenvalue weighted by atomic mass is 10.2. The largest absolute Gasteiger partial charge is 0.506 e. The number of carbonyl (C=O) groups is 1. The molecule has 0 fully saturated rings. The van der Waals surface area contributed by atoms with Crippen LogP contribution < -0.4 is 0 Å². The van der Waals surface area contributed by atoms with E-state index >= 15 is 0 Å². The van der Waals surface area contributed by atoms with Gasteiger partial charge in [0, 0.05) is 17.4 Å². The summed E-state index contributed by atoms with van der Waals surface area (Å²) >= 11 is 11.1. The first-order valence-corrected chi connectivity index (χ1v) is 5.39. The second kappa shape index (κ2) is 6.89. The number of hydrogen-bond donors (Lipinski definition) is 1. The second-order valence-electron chi connectivity index (χ2n) is 2.97. The number of phenols is 1. The summed E-state index contributed by atoms with van der Waals surface area (Å²) in [5.74, 6) is -0.230. The predicted molar refractivity (Wildman–Crippen MR) is 67.8 cm³/mol. The molecule has 5 heteroatoms. The normalized spacial score (nSPS) is 9.06. The van der Waals surface area contributed by atoms with Crippen molar-refractivity contribution in [1.82, 2.24) is 4.98 Å². The summed E-state index contributed by atoms with van der Waals surface area (Å²) in [6, 6.07) is 8.42. The highest BCUT2D eigenvalue weighted by molar-refractivity contribution is 6.36. The van der Waals surface area contributed by atoms with Crippen molar-refractivity contribution in [2.24, 2.45) is 0 Å². The summed E-state index contributed by atoms with van der Waals surface area (Å²) in [5, 5.41) is 9.51. The molecule has 0 unspecified atom stereocenters. The molecule has 2 rings (SSSR count). The molecular weight excluding hydrogens is 261 g/mol. The quantitative estimate of drug-likeness (QED) is 0.805. The molecule has 0 saturated carbocycles. The van der Waals surface area contributed by atoms with Gasteiger partial charge in [-0.05, 0) is 24.3 Å². The maximum absolute atomic E-state index is 10.3. The van der Waals surface area contributed by atoms with Gasteiger partial charge in [-0.3, -0.25) is 9.78 Å². The number of carbonyl (C=O) groups excluding carboxylic acids is 1. The third kappa shape index (κ3) is 4.43. The molecule has 0 amide bonds. The van der Waals surface area contributed by atoms with Crippen LogP contribution in [0.5, 0.6) is 5.75 Å². The smallest absolute Gasteiger partial charge is 0.153 e. The van der Waals surface area contributed by atoms with Gasteiger partial charge in [0.25, 0.3) is 0 Å². The number of nitrogens with zero attached hydrogens (tertiary/aromatic N) is 1. The fourth-order valence-electron chi connectivity index (χ4n) is 0.988. The van der Waals surface area contributed by atoms with Crippen LogP contribution in [0.4, 0.5) is 0 Å². The van der Waals surface area contributed by atoms with Crippen molar-refractivity contribution in [3.63, 3.8) is 0 Å². The van der Waals surface area contributed by atoms with E-state index in [1.54, 1.807) is 12.4 Å². The van der Waals surface area contributed by atoms with Gasteiger partial charge < -0.3 is 5.11 Å². The van der Waals surface area contributed by atoms with Crippen molar-refractivity contribution < 1.29 is 9.90 Å². The number of aromatic hydroxyl groups is 1. The van der Waals surface area contributed by atoms with E-state index in [9.17, 15) is 4.79 Å². The molecule has 1 N–H and O–H groups in total. The zero-order valence-electron chi connectivity index (χ0n) is 8.68. The van der Waals surface area contributed by atoms with Crippen molar-refractivity contribution in [2.45, 2.75) is 0 Å². The number of aldehydes is 1. The van der Waals surface area contributed by atoms with Crippen LogP contribution in [-0.4, -0.2) is 16.4 Å². The van der Waals surface area contributed by atoms with Crippen molar-refractivity contribution >= 4 is 29.5 Å². The van der Waals surface area contributed by atoms with Gasteiger partial charge in [-0.25, -0.2) is 0 Å². The van der Waals surface area contributed by atoms with Gasteiger partial charge >= 0.3 is 0 Å². The van der Waals surface area contributed by atoms with E-state index in [1.807, 2.05) is 18.2 Å². The number of pyridine rings is 1. The maximum atomic E-state index is 10.3. The Kier molecular flexibility index (Phi) is 5.46. The van der Waals surface area contributed by atoms with Gasteiger partial charge in [0.15, 0.2) is 6.29 Å². The van der Waals surface area contributed by atoms with Crippen molar-refractivity contribution in [3.8, 4) is 5.75 Å². The molecule has 0 aliphatic rings. The molecule has 3 nitrogen and oxygen atoms in total. The molecule has 0 spiro atoms. The zero-order chi connectivity index (χ0) is 12.7. The first-order valence-electron chi connectivity index (χ1n) is 4.63. The van der Waals surface area contributed by atoms with Crippen LogP contribution in [-0.2, 0) is 0 Å². The van der Waals surface area contributed by atoms with Crippen LogP contribution in [0, 0.1) is 0 Å². The van der Waals surface area contributed by atoms with Crippen LogP contribution in [0.2, 0.25) is 10.0 Å². The average molecular weight is 270 g/mol. The second-order valence-corrected chi connectivity index (χ2v) is 3.81. The van der Waals surface area contributed by atoms with Gasteiger partial charge in [0.05, 0.1) is 10.6 Å². The average Bonchev–Trinajstić information content (AvgIpc) is 2.36. The van der Waals surface area contributed by atoms with Gasteiger partial charge in [-0.1, -0.05) is 29.3 Å². The SMILES string of the molecule is O=Cc1cc(Cl)cc(Cl)c1O.c1ccncc1. The van der Waals surface area contributed by atoms with Crippen LogP contribution in [0.3, 0.4) is 0 Å². The Bertz CT molecular complexity index is 463. The zero-order valence-corrected chi connectivity index (χ0v) is 10.2. The lowest BCUT2D eigenvalue weighted by molar-refractivity contribution is 0.112. The molecule has 1 heterocycles. The summed E-state index contributed by atoms with van der Waals surface area (Å²) in [5.41, 5.74) is 0.0995. The predicted octanol–water partition coefficient (Wildman–Crippen LogP) is 3.59. The topological polar surface area (TPSA) is 50.2 Å². The number of halogens is 2. The molecular formula is C12H9Cl2NO2. The Labute approximate surface area is 109 Å². The highest BCUT2D eigenvalue weighted by atomic mass is 35.5. The Hall–Kier alpha value is -1.58. The molecule has 17 heavy (non-hydrogen) atoms. The standard InChI is InChI=1S/C7H4Cl2O2.C5H5N/c8-5-1-4(3-10)7(11)6(9)2-5;1-2-4-6-5-3-1/h1-3,11H;1-5H. The molecule has 2 aromatic rings. The van der Waals surface area contributed by atoms with Crippen molar-refractivity contribution in [1.29, 1.82) is 0 Å². The molecule has 1 aromatic heterocycles. The molecule has 0 aliphatic carbocycles. The monoisotopic (exact) mass is 269 g/mol. The third-order valence-electron chi connectivity index (χ3n) is 1.75. The minimum atomic E-state index is -0.230. The molecule has 0 saturated heterocycles. The minimum Gasteiger partial charge on any atom is -0.506 e. The Morgan fingerprint density at radius 3 is 2.18 bits per heavy atom. The number of rotatable bonds is 1. The molecule has 0 atom stereocenters.